The predicted octanol–water partition coefficient (Wildman–Crippen LogP) is 4.18. The second-order valence-corrected chi connectivity index (χ2v) is 9.08. The molecule has 0 radical (unpaired) electrons. The third-order valence-electron chi connectivity index (χ3n) is 6.03. The van der Waals surface area contributed by atoms with Crippen LogP contribution in [0.2, 0.25) is 10.0 Å². The minimum atomic E-state index is -0.482. The van der Waals surface area contributed by atoms with Crippen molar-refractivity contribution in [1.29, 1.82) is 0 Å². The Morgan fingerprint density at radius 3 is 2.59 bits per heavy atom. The van der Waals surface area contributed by atoms with E-state index in [1.165, 1.54) is 5.56 Å². The molecule has 170 valence electrons. The van der Waals surface area contributed by atoms with Gasteiger partial charge in [0, 0.05) is 16.6 Å². The Kier molecular flexibility index (Phi) is 7.23. The minimum Gasteiger partial charge on any atom is -0.484 e. The fourth-order valence-electron chi connectivity index (χ4n) is 4.30. The van der Waals surface area contributed by atoms with E-state index in [0.717, 1.165) is 17.0 Å². The van der Waals surface area contributed by atoms with Gasteiger partial charge >= 0.3 is 0 Å². The fourth-order valence-corrected chi connectivity index (χ4v) is 4.62. The van der Waals surface area contributed by atoms with Gasteiger partial charge in [-0.25, -0.2) is 0 Å². The number of ether oxygens (including phenoxy) is 2. The number of amides is 2. The maximum atomic E-state index is 13.1. The molecule has 2 aliphatic rings. The molecule has 2 amide bonds. The van der Waals surface area contributed by atoms with E-state index in [1.54, 1.807) is 24.3 Å². The second-order valence-electron chi connectivity index (χ2n) is 8.21. The molecule has 2 aromatic carbocycles. The van der Waals surface area contributed by atoms with Gasteiger partial charge in [0.2, 0.25) is 0 Å². The van der Waals surface area contributed by atoms with Gasteiger partial charge in [0.25, 0.3) is 11.8 Å². The molecule has 0 aromatic heterocycles. The van der Waals surface area contributed by atoms with Crippen LogP contribution in [-0.4, -0.2) is 48.6 Å². The van der Waals surface area contributed by atoms with Crippen LogP contribution in [0.5, 0.6) is 5.75 Å². The van der Waals surface area contributed by atoms with Crippen molar-refractivity contribution in [3.05, 3.63) is 63.6 Å². The molecule has 6 nitrogen and oxygen atoms in total. The number of hydrogen-bond donors (Lipinski definition) is 1. The number of nitrogens with zero attached hydrogens (tertiary/aromatic N) is 1. The van der Waals surface area contributed by atoms with E-state index in [-0.39, 0.29) is 30.5 Å². The molecule has 0 saturated carbocycles. The van der Waals surface area contributed by atoms with Gasteiger partial charge in [0.05, 0.1) is 18.7 Å². The minimum absolute atomic E-state index is 0.00829. The third kappa shape index (κ3) is 5.37. The maximum absolute atomic E-state index is 13.1. The van der Waals surface area contributed by atoms with Gasteiger partial charge in [-0.3, -0.25) is 9.59 Å². The first-order chi connectivity index (χ1) is 15.4. The Balaban J connectivity index is 1.24. The van der Waals surface area contributed by atoms with Crippen LogP contribution in [0, 0.1) is 0 Å². The summed E-state index contributed by atoms with van der Waals surface area (Å²) in [6, 6.07) is 12.5. The van der Waals surface area contributed by atoms with Gasteiger partial charge in [0.1, 0.15) is 11.9 Å². The maximum Gasteiger partial charge on any atom is 0.258 e. The van der Waals surface area contributed by atoms with Crippen molar-refractivity contribution in [2.45, 2.75) is 44.4 Å². The van der Waals surface area contributed by atoms with Crippen molar-refractivity contribution in [3.63, 3.8) is 0 Å². The molecule has 2 aliphatic heterocycles. The highest BCUT2D eigenvalue weighted by molar-refractivity contribution is 6.30. The quantitative estimate of drug-likeness (QED) is 0.702. The smallest absolute Gasteiger partial charge is 0.258 e. The third-order valence-corrected chi connectivity index (χ3v) is 6.51. The molecule has 0 bridgehead atoms. The van der Waals surface area contributed by atoms with Gasteiger partial charge in [-0.1, -0.05) is 29.3 Å². The largest absolute Gasteiger partial charge is 0.484 e. The highest BCUT2D eigenvalue weighted by Crippen LogP contribution is 2.32. The molecule has 1 unspecified atom stereocenters. The number of halogens is 2. The van der Waals surface area contributed by atoms with Crippen LogP contribution in [0.4, 0.5) is 0 Å². The molecule has 2 aromatic rings. The first-order valence-corrected chi connectivity index (χ1v) is 11.5. The lowest BCUT2D eigenvalue weighted by Gasteiger charge is -2.39. The SMILES string of the molecule is CC1c2ccc(Cl)cc2CCN1C(=O)[C@H]1CC[C@H](NC(=O)COc2ccc(Cl)cc2)CO1. The highest BCUT2D eigenvalue weighted by atomic mass is 35.5. The average molecular weight is 477 g/mol. The van der Waals surface area contributed by atoms with E-state index >= 15 is 0 Å². The Morgan fingerprint density at radius 2 is 1.88 bits per heavy atom. The Bertz CT molecular complexity index is 974. The van der Waals surface area contributed by atoms with E-state index in [2.05, 4.69) is 5.32 Å². The monoisotopic (exact) mass is 476 g/mol. The predicted molar refractivity (Wildman–Crippen MR) is 123 cm³/mol. The first kappa shape index (κ1) is 22.9. The second kappa shape index (κ2) is 10.1. The molecule has 32 heavy (non-hydrogen) atoms. The molecule has 1 saturated heterocycles. The van der Waals surface area contributed by atoms with E-state index in [4.69, 9.17) is 32.7 Å². The number of hydrogen-bond acceptors (Lipinski definition) is 4. The van der Waals surface area contributed by atoms with Crippen LogP contribution in [0.1, 0.15) is 36.9 Å². The molecular weight excluding hydrogens is 451 g/mol. The summed E-state index contributed by atoms with van der Waals surface area (Å²) in [5.41, 5.74) is 2.33. The van der Waals surface area contributed by atoms with E-state index in [1.807, 2.05) is 30.0 Å². The molecule has 1 fully saturated rings. The summed E-state index contributed by atoms with van der Waals surface area (Å²) in [6.07, 6.45) is 1.55. The Morgan fingerprint density at radius 1 is 1.12 bits per heavy atom. The summed E-state index contributed by atoms with van der Waals surface area (Å²) in [5.74, 6) is 0.363. The molecule has 4 rings (SSSR count). The van der Waals surface area contributed by atoms with Crippen molar-refractivity contribution >= 4 is 35.0 Å². The van der Waals surface area contributed by atoms with Crippen LogP contribution in [0.3, 0.4) is 0 Å². The summed E-state index contributed by atoms with van der Waals surface area (Å²) in [6.45, 7) is 2.90. The lowest BCUT2D eigenvalue weighted by molar-refractivity contribution is -0.150. The number of nitrogens with one attached hydrogen (secondary N) is 1. The standard InChI is InChI=1S/C24H26Cl2N2O4/c1-15-21-8-4-18(26)12-16(21)10-11-28(15)24(30)22-9-5-19(13-32-22)27-23(29)14-31-20-6-2-17(25)3-7-20/h2-4,6-8,12,15,19,22H,5,9-11,13-14H2,1H3,(H,27,29)/t15?,19-,22+/m0/s1. The molecule has 0 spiro atoms. The van der Waals surface area contributed by atoms with Crippen molar-refractivity contribution in [3.8, 4) is 5.75 Å². The zero-order valence-corrected chi connectivity index (χ0v) is 19.4. The van der Waals surface area contributed by atoms with Crippen LogP contribution in [0.15, 0.2) is 42.5 Å². The lowest BCUT2D eigenvalue weighted by atomic mass is 9.92. The topological polar surface area (TPSA) is 67.9 Å². The fraction of sp³-hybridized carbons (Fsp3) is 0.417. The van der Waals surface area contributed by atoms with Gasteiger partial charge < -0.3 is 19.7 Å². The zero-order valence-electron chi connectivity index (χ0n) is 17.9. The molecule has 2 heterocycles. The van der Waals surface area contributed by atoms with Crippen molar-refractivity contribution in [2.75, 3.05) is 19.8 Å². The van der Waals surface area contributed by atoms with Crippen molar-refractivity contribution in [2.24, 2.45) is 0 Å². The Hall–Kier alpha value is -2.28. The van der Waals surface area contributed by atoms with Crippen LogP contribution in [-0.2, 0) is 20.7 Å². The number of carbonyl (C=O) groups is 2. The van der Waals surface area contributed by atoms with Crippen LogP contribution < -0.4 is 10.1 Å². The number of carbonyl (C=O) groups excluding carboxylic acids is 2. The zero-order chi connectivity index (χ0) is 22.7. The lowest BCUT2D eigenvalue weighted by Crippen LogP contribution is -2.50. The normalized spacial score (nSPS) is 22.7. The summed E-state index contributed by atoms with van der Waals surface area (Å²) in [7, 11) is 0. The summed E-state index contributed by atoms with van der Waals surface area (Å²) in [4.78, 5) is 27.2. The number of benzene rings is 2. The molecular formula is C24H26Cl2N2O4. The van der Waals surface area contributed by atoms with E-state index in [9.17, 15) is 9.59 Å². The first-order valence-electron chi connectivity index (χ1n) is 10.8. The van der Waals surface area contributed by atoms with Gasteiger partial charge in [-0.15, -0.1) is 0 Å². The summed E-state index contributed by atoms with van der Waals surface area (Å²) in [5, 5.41) is 4.24. The van der Waals surface area contributed by atoms with Crippen LogP contribution in [0.25, 0.3) is 0 Å². The van der Waals surface area contributed by atoms with Crippen molar-refractivity contribution < 1.29 is 19.1 Å². The van der Waals surface area contributed by atoms with Crippen LogP contribution >= 0.6 is 23.2 Å². The van der Waals surface area contributed by atoms with Gasteiger partial charge in [-0.05, 0) is 73.7 Å². The molecule has 1 N–H and O–H groups in total. The summed E-state index contributed by atoms with van der Waals surface area (Å²) >= 11 is 12.0. The molecule has 8 heteroatoms. The van der Waals surface area contributed by atoms with E-state index < -0.39 is 6.10 Å². The number of rotatable bonds is 5. The van der Waals surface area contributed by atoms with Gasteiger partial charge in [-0.2, -0.15) is 0 Å². The van der Waals surface area contributed by atoms with E-state index in [0.29, 0.717) is 36.8 Å². The number of fused-ring (bicyclic) bond motifs is 1. The molecule has 0 aliphatic carbocycles. The highest BCUT2D eigenvalue weighted by Gasteiger charge is 2.35. The Labute approximate surface area is 197 Å². The summed E-state index contributed by atoms with van der Waals surface area (Å²) < 4.78 is 11.3. The molecule has 3 atom stereocenters. The average Bonchev–Trinajstić information content (AvgIpc) is 2.79. The van der Waals surface area contributed by atoms with Crippen molar-refractivity contribution in [1.82, 2.24) is 10.2 Å². The van der Waals surface area contributed by atoms with Gasteiger partial charge in [0.15, 0.2) is 6.61 Å².